The molecule has 2 rings (SSSR count). The molecule has 0 aliphatic carbocycles. The van der Waals surface area contributed by atoms with Gasteiger partial charge in [-0.1, -0.05) is 35.0 Å². The Balaban J connectivity index is 2.22. The Kier molecular flexibility index (Phi) is 5.13. The molecule has 18 heavy (non-hydrogen) atoms. The Morgan fingerprint density at radius 2 is 2.28 bits per heavy atom. The summed E-state index contributed by atoms with van der Waals surface area (Å²) in [6.07, 6.45) is 0. The highest BCUT2D eigenvalue weighted by Gasteiger charge is 2.30. The SMILES string of the molecule is CC1SCCN(C(CN)c2cccc(Br)c2)C1C. The molecule has 1 aromatic carbocycles. The third-order valence-corrected chi connectivity index (χ3v) is 5.62. The maximum atomic E-state index is 6.03. The first-order chi connectivity index (χ1) is 8.63. The number of hydrogen-bond acceptors (Lipinski definition) is 3. The topological polar surface area (TPSA) is 29.3 Å². The summed E-state index contributed by atoms with van der Waals surface area (Å²) in [6, 6.07) is 9.44. The van der Waals surface area contributed by atoms with Gasteiger partial charge in [-0.2, -0.15) is 11.8 Å². The van der Waals surface area contributed by atoms with E-state index in [4.69, 9.17) is 5.73 Å². The third kappa shape index (κ3) is 3.10. The minimum Gasteiger partial charge on any atom is -0.329 e. The average Bonchev–Trinajstić information content (AvgIpc) is 2.35. The summed E-state index contributed by atoms with van der Waals surface area (Å²) < 4.78 is 1.13. The van der Waals surface area contributed by atoms with Crippen LogP contribution in [-0.2, 0) is 0 Å². The summed E-state index contributed by atoms with van der Waals surface area (Å²) in [7, 11) is 0. The molecule has 1 fully saturated rings. The highest BCUT2D eigenvalue weighted by molar-refractivity contribution is 9.10. The van der Waals surface area contributed by atoms with Crippen LogP contribution in [0.5, 0.6) is 0 Å². The van der Waals surface area contributed by atoms with Gasteiger partial charge in [0.2, 0.25) is 0 Å². The van der Waals surface area contributed by atoms with Crippen molar-refractivity contribution in [1.29, 1.82) is 0 Å². The maximum absolute atomic E-state index is 6.03. The lowest BCUT2D eigenvalue weighted by molar-refractivity contribution is 0.150. The van der Waals surface area contributed by atoms with Gasteiger partial charge in [0.05, 0.1) is 0 Å². The summed E-state index contributed by atoms with van der Waals surface area (Å²) >= 11 is 5.61. The largest absolute Gasteiger partial charge is 0.329 e. The van der Waals surface area contributed by atoms with Crippen molar-refractivity contribution >= 4 is 27.7 Å². The van der Waals surface area contributed by atoms with Crippen LogP contribution in [0.25, 0.3) is 0 Å². The Hall–Kier alpha value is -0.0300. The lowest BCUT2D eigenvalue weighted by Gasteiger charge is -2.42. The number of hydrogen-bond donors (Lipinski definition) is 1. The van der Waals surface area contributed by atoms with E-state index in [9.17, 15) is 0 Å². The van der Waals surface area contributed by atoms with Gasteiger partial charge in [0.15, 0.2) is 0 Å². The normalized spacial score (nSPS) is 27.1. The van der Waals surface area contributed by atoms with Gasteiger partial charge < -0.3 is 5.73 Å². The van der Waals surface area contributed by atoms with Crippen molar-refractivity contribution in [2.75, 3.05) is 18.8 Å². The fourth-order valence-corrected chi connectivity index (χ4v) is 4.11. The van der Waals surface area contributed by atoms with Crippen molar-refractivity contribution < 1.29 is 0 Å². The molecule has 0 aromatic heterocycles. The summed E-state index contributed by atoms with van der Waals surface area (Å²) in [6.45, 7) is 6.44. The van der Waals surface area contributed by atoms with Gasteiger partial charge in [-0.05, 0) is 24.6 Å². The van der Waals surface area contributed by atoms with E-state index >= 15 is 0 Å². The second kappa shape index (κ2) is 6.42. The van der Waals surface area contributed by atoms with Crippen molar-refractivity contribution in [2.45, 2.75) is 31.2 Å². The highest BCUT2D eigenvalue weighted by atomic mass is 79.9. The van der Waals surface area contributed by atoms with E-state index in [-0.39, 0.29) is 0 Å². The molecule has 0 radical (unpaired) electrons. The molecule has 1 heterocycles. The molecule has 100 valence electrons. The van der Waals surface area contributed by atoms with Crippen molar-refractivity contribution in [2.24, 2.45) is 5.73 Å². The van der Waals surface area contributed by atoms with Gasteiger partial charge in [-0.15, -0.1) is 0 Å². The quantitative estimate of drug-likeness (QED) is 0.923. The first-order valence-electron chi connectivity index (χ1n) is 6.46. The van der Waals surface area contributed by atoms with Crippen molar-refractivity contribution in [3.63, 3.8) is 0 Å². The standard InChI is InChI=1S/C14H21BrN2S/c1-10-11(2)18-7-6-17(10)14(9-16)12-4-3-5-13(15)8-12/h3-5,8,10-11,14H,6-7,9,16H2,1-2H3. The Morgan fingerprint density at radius 3 is 2.94 bits per heavy atom. The van der Waals surface area contributed by atoms with Gasteiger partial charge in [0, 0.05) is 40.6 Å². The fourth-order valence-electron chi connectivity index (χ4n) is 2.57. The molecule has 1 saturated heterocycles. The lowest BCUT2D eigenvalue weighted by atomic mass is 10.0. The fraction of sp³-hybridized carbons (Fsp3) is 0.571. The highest BCUT2D eigenvalue weighted by Crippen LogP contribution is 2.32. The monoisotopic (exact) mass is 328 g/mol. The smallest absolute Gasteiger partial charge is 0.0474 e. The third-order valence-electron chi connectivity index (χ3n) is 3.79. The first-order valence-corrected chi connectivity index (χ1v) is 8.30. The number of rotatable bonds is 3. The summed E-state index contributed by atoms with van der Waals surface area (Å²) in [5, 5.41) is 0.681. The van der Waals surface area contributed by atoms with Gasteiger partial charge in [-0.25, -0.2) is 0 Å². The van der Waals surface area contributed by atoms with Gasteiger partial charge in [-0.3, -0.25) is 4.90 Å². The molecule has 0 bridgehead atoms. The molecule has 1 aliphatic rings. The number of nitrogens with two attached hydrogens (primary N) is 1. The van der Waals surface area contributed by atoms with Gasteiger partial charge in [0.1, 0.15) is 0 Å². The zero-order chi connectivity index (χ0) is 13.1. The molecule has 1 aromatic rings. The summed E-state index contributed by atoms with van der Waals surface area (Å²) in [4.78, 5) is 2.56. The minimum atomic E-state index is 0.334. The molecule has 0 saturated carbocycles. The van der Waals surface area contributed by atoms with Gasteiger partial charge >= 0.3 is 0 Å². The zero-order valence-corrected chi connectivity index (χ0v) is 13.4. The molecule has 3 unspecified atom stereocenters. The summed E-state index contributed by atoms with van der Waals surface area (Å²) in [5.41, 5.74) is 7.35. The van der Waals surface area contributed by atoms with E-state index in [1.807, 2.05) is 0 Å². The van der Waals surface area contributed by atoms with Crippen LogP contribution in [-0.4, -0.2) is 35.0 Å². The molecule has 4 heteroatoms. The van der Waals surface area contributed by atoms with Crippen LogP contribution >= 0.6 is 27.7 Å². The van der Waals surface area contributed by atoms with Crippen molar-refractivity contribution in [3.8, 4) is 0 Å². The van der Waals surface area contributed by atoms with E-state index < -0.39 is 0 Å². The number of benzene rings is 1. The molecule has 0 amide bonds. The minimum absolute atomic E-state index is 0.334. The van der Waals surface area contributed by atoms with Crippen LogP contribution in [0.2, 0.25) is 0 Å². The first kappa shape index (κ1) is 14.4. The average molecular weight is 329 g/mol. The predicted octanol–water partition coefficient (Wildman–Crippen LogP) is 3.27. The van der Waals surface area contributed by atoms with E-state index in [1.54, 1.807) is 0 Å². The zero-order valence-electron chi connectivity index (χ0n) is 11.0. The van der Waals surface area contributed by atoms with E-state index in [0.29, 0.717) is 23.9 Å². The molecule has 2 N–H and O–H groups in total. The second-order valence-corrected chi connectivity index (χ2v) is 7.26. The van der Waals surface area contributed by atoms with Crippen LogP contribution in [0, 0.1) is 0 Å². The van der Waals surface area contributed by atoms with E-state index in [2.05, 4.69) is 70.7 Å². The molecule has 3 atom stereocenters. The Bertz CT molecular complexity index is 399. The number of halogens is 1. The van der Waals surface area contributed by atoms with Crippen LogP contribution in [0.4, 0.5) is 0 Å². The summed E-state index contributed by atoms with van der Waals surface area (Å²) in [5.74, 6) is 1.20. The van der Waals surface area contributed by atoms with Crippen LogP contribution < -0.4 is 5.73 Å². The number of nitrogens with zero attached hydrogens (tertiary/aromatic N) is 1. The van der Waals surface area contributed by atoms with Crippen molar-refractivity contribution in [1.82, 2.24) is 4.90 Å². The predicted molar refractivity (Wildman–Crippen MR) is 84.0 cm³/mol. The number of thioether (sulfide) groups is 1. The van der Waals surface area contributed by atoms with Crippen molar-refractivity contribution in [3.05, 3.63) is 34.3 Å². The van der Waals surface area contributed by atoms with E-state index in [0.717, 1.165) is 11.0 Å². The molecule has 2 nitrogen and oxygen atoms in total. The van der Waals surface area contributed by atoms with Crippen LogP contribution in [0.1, 0.15) is 25.5 Å². The molecule has 1 aliphatic heterocycles. The Labute approximate surface area is 122 Å². The lowest BCUT2D eigenvalue weighted by Crippen LogP contribution is -2.48. The Morgan fingerprint density at radius 1 is 1.50 bits per heavy atom. The molecular formula is C14H21BrN2S. The molecular weight excluding hydrogens is 308 g/mol. The maximum Gasteiger partial charge on any atom is 0.0474 e. The second-order valence-electron chi connectivity index (χ2n) is 4.86. The van der Waals surface area contributed by atoms with Crippen LogP contribution in [0.15, 0.2) is 28.7 Å². The van der Waals surface area contributed by atoms with Crippen LogP contribution in [0.3, 0.4) is 0 Å². The molecule has 0 spiro atoms. The van der Waals surface area contributed by atoms with E-state index in [1.165, 1.54) is 11.3 Å². The van der Waals surface area contributed by atoms with Gasteiger partial charge in [0.25, 0.3) is 0 Å².